The van der Waals surface area contributed by atoms with Crippen molar-refractivity contribution in [1.82, 2.24) is 9.97 Å². The number of carbonyl (C=O) groups is 1. The molecule has 0 saturated carbocycles. The number of anilines is 1. The van der Waals surface area contributed by atoms with E-state index in [1.54, 1.807) is 0 Å². The van der Waals surface area contributed by atoms with Crippen molar-refractivity contribution in [3.8, 4) is 0 Å². The van der Waals surface area contributed by atoms with Gasteiger partial charge in [0.25, 0.3) is 0 Å². The van der Waals surface area contributed by atoms with Gasteiger partial charge in [-0.1, -0.05) is 0 Å². The lowest BCUT2D eigenvalue weighted by molar-refractivity contribution is 0.0383. The molecule has 0 aliphatic heterocycles. The molecule has 0 unspecified atom stereocenters. The smallest absolute Gasteiger partial charge is 0.348 e. The van der Waals surface area contributed by atoms with Crippen LogP contribution in [0.25, 0.3) is 10.2 Å². The van der Waals surface area contributed by atoms with Gasteiger partial charge in [-0.3, -0.25) is 0 Å². The number of nitrogens with one attached hydrogen (secondary N) is 1. The normalized spacial score (nSPS) is 11.1. The highest BCUT2D eigenvalue weighted by Gasteiger charge is 2.21. The minimum atomic E-state index is -0.312. The Bertz CT molecular complexity index is 667. The molecule has 21 heavy (non-hydrogen) atoms. The fraction of sp³-hybridized carbons (Fsp3) is 0.500. The first-order chi connectivity index (χ1) is 9.93. The standard InChI is InChI=1S/C14H20N4O2S/c1-7(2)20-14(19)11-8(3)10-12(16-6-5-15)17-9(4)18-13(10)21-11/h7H,5-6,15H2,1-4H3,(H,16,17,18). The minimum absolute atomic E-state index is 0.148. The average molecular weight is 308 g/mol. The summed E-state index contributed by atoms with van der Waals surface area (Å²) in [7, 11) is 0. The second-order valence-corrected chi connectivity index (χ2v) is 6.02. The largest absolute Gasteiger partial charge is 0.459 e. The van der Waals surface area contributed by atoms with Crippen LogP contribution in [-0.4, -0.2) is 35.1 Å². The Balaban J connectivity index is 2.51. The van der Waals surface area contributed by atoms with Gasteiger partial charge >= 0.3 is 5.97 Å². The molecule has 114 valence electrons. The fourth-order valence-electron chi connectivity index (χ4n) is 2.03. The van der Waals surface area contributed by atoms with Crippen molar-refractivity contribution in [3.05, 3.63) is 16.3 Å². The Morgan fingerprint density at radius 1 is 1.38 bits per heavy atom. The van der Waals surface area contributed by atoms with Crippen LogP contribution in [0.5, 0.6) is 0 Å². The van der Waals surface area contributed by atoms with E-state index in [1.807, 2.05) is 27.7 Å². The van der Waals surface area contributed by atoms with Crippen molar-refractivity contribution < 1.29 is 9.53 Å². The molecule has 0 saturated heterocycles. The van der Waals surface area contributed by atoms with Crippen molar-refractivity contribution in [2.24, 2.45) is 5.73 Å². The molecule has 7 heteroatoms. The van der Waals surface area contributed by atoms with Crippen molar-refractivity contribution in [3.63, 3.8) is 0 Å². The van der Waals surface area contributed by atoms with Gasteiger partial charge in [0.15, 0.2) is 0 Å². The molecule has 6 nitrogen and oxygen atoms in total. The number of thiophene rings is 1. The van der Waals surface area contributed by atoms with E-state index in [0.29, 0.717) is 23.8 Å². The quantitative estimate of drug-likeness (QED) is 0.823. The van der Waals surface area contributed by atoms with Crippen molar-refractivity contribution >= 4 is 33.3 Å². The predicted molar refractivity (Wildman–Crippen MR) is 85.0 cm³/mol. The van der Waals surface area contributed by atoms with Crippen LogP contribution in [0, 0.1) is 13.8 Å². The summed E-state index contributed by atoms with van der Waals surface area (Å²) in [6.45, 7) is 8.51. The number of hydrogen-bond donors (Lipinski definition) is 2. The summed E-state index contributed by atoms with van der Waals surface area (Å²) in [5.41, 5.74) is 6.37. The monoisotopic (exact) mass is 308 g/mol. The number of fused-ring (bicyclic) bond motifs is 1. The second-order valence-electron chi connectivity index (χ2n) is 5.03. The Morgan fingerprint density at radius 2 is 2.10 bits per heavy atom. The molecular formula is C14H20N4O2S. The molecule has 0 atom stereocenters. The fourth-order valence-corrected chi connectivity index (χ4v) is 3.14. The molecule has 0 aliphatic rings. The van der Waals surface area contributed by atoms with E-state index < -0.39 is 0 Å². The summed E-state index contributed by atoms with van der Waals surface area (Å²) in [6, 6.07) is 0. The van der Waals surface area contributed by atoms with Gasteiger partial charge in [0.1, 0.15) is 21.3 Å². The molecule has 0 radical (unpaired) electrons. The van der Waals surface area contributed by atoms with Crippen molar-refractivity contribution in [2.75, 3.05) is 18.4 Å². The third-order valence-electron chi connectivity index (χ3n) is 2.87. The average Bonchev–Trinajstić information content (AvgIpc) is 2.72. The maximum atomic E-state index is 12.2. The number of aryl methyl sites for hydroxylation is 2. The minimum Gasteiger partial charge on any atom is -0.459 e. The number of ether oxygens (including phenoxy) is 1. The van der Waals surface area contributed by atoms with E-state index in [9.17, 15) is 4.79 Å². The van der Waals surface area contributed by atoms with E-state index in [0.717, 1.165) is 21.6 Å². The van der Waals surface area contributed by atoms with Gasteiger partial charge in [-0.25, -0.2) is 14.8 Å². The first-order valence-electron chi connectivity index (χ1n) is 6.86. The lowest BCUT2D eigenvalue weighted by Gasteiger charge is -2.08. The molecule has 0 aromatic carbocycles. The molecule has 2 heterocycles. The van der Waals surface area contributed by atoms with Crippen LogP contribution in [0.1, 0.15) is 34.9 Å². The topological polar surface area (TPSA) is 90.1 Å². The van der Waals surface area contributed by atoms with Crippen LogP contribution in [0.15, 0.2) is 0 Å². The number of rotatable bonds is 5. The van der Waals surface area contributed by atoms with Crippen LogP contribution in [-0.2, 0) is 4.74 Å². The zero-order valence-corrected chi connectivity index (χ0v) is 13.5. The lowest BCUT2D eigenvalue weighted by atomic mass is 10.2. The number of esters is 1. The molecule has 0 bridgehead atoms. The van der Waals surface area contributed by atoms with E-state index in [-0.39, 0.29) is 12.1 Å². The van der Waals surface area contributed by atoms with E-state index in [1.165, 1.54) is 11.3 Å². The SMILES string of the molecule is Cc1nc(NCCN)c2c(C)c(C(=O)OC(C)C)sc2n1. The molecule has 0 aliphatic carbocycles. The van der Waals surface area contributed by atoms with Crippen LogP contribution >= 0.6 is 11.3 Å². The highest BCUT2D eigenvalue weighted by molar-refractivity contribution is 7.20. The molecular weight excluding hydrogens is 288 g/mol. The van der Waals surface area contributed by atoms with Gasteiger partial charge < -0.3 is 15.8 Å². The predicted octanol–water partition coefficient (Wildman–Crippen LogP) is 2.24. The van der Waals surface area contributed by atoms with Gasteiger partial charge in [0.2, 0.25) is 0 Å². The highest BCUT2D eigenvalue weighted by atomic mass is 32.1. The van der Waals surface area contributed by atoms with Crippen LogP contribution in [0.3, 0.4) is 0 Å². The van der Waals surface area contributed by atoms with Gasteiger partial charge in [-0.05, 0) is 33.3 Å². The van der Waals surface area contributed by atoms with Crippen molar-refractivity contribution in [1.29, 1.82) is 0 Å². The number of nitrogens with zero attached hydrogens (tertiary/aromatic N) is 2. The summed E-state index contributed by atoms with van der Waals surface area (Å²) in [5.74, 6) is 1.07. The molecule has 0 spiro atoms. The summed E-state index contributed by atoms with van der Waals surface area (Å²) in [5, 5.41) is 4.06. The molecule has 0 amide bonds. The van der Waals surface area contributed by atoms with E-state index in [4.69, 9.17) is 10.5 Å². The van der Waals surface area contributed by atoms with Crippen LogP contribution < -0.4 is 11.1 Å². The molecule has 3 N–H and O–H groups in total. The Kier molecular flexibility index (Phi) is 4.74. The first kappa shape index (κ1) is 15.7. The lowest BCUT2D eigenvalue weighted by Crippen LogP contribution is -2.14. The summed E-state index contributed by atoms with van der Waals surface area (Å²) >= 11 is 1.34. The zero-order chi connectivity index (χ0) is 15.6. The number of nitrogens with two attached hydrogens (primary N) is 1. The third-order valence-corrected chi connectivity index (χ3v) is 4.03. The van der Waals surface area contributed by atoms with Crippen LogP contribution in [0.2, 0.25) is 0 Å². The third kappa shape index (κ3) is 3.30. The van der Waals surface area contributed by atoms with Crippen molar-refractivity contribution in [2.45, 2.75) is 33.8 Å². The molecule has 2 aromatic heterocycles. The summed E-state index contributed by atoms with van der Waals surface area (Å²) < 4.78 is 5.28. The number of hydrogen-bond acceptors (Lipinski definition) is 7. The summed E-state index contributed by atoms with van der Waals surface area (Å²) in [4.78, 5) is 22.3. The van der Waals surface area contributed by atoms with Crippen LogP contribution in [0.4, 0.5) is 5.82 Å². The number of carbonyl (C=O) groups excluding carboxylic acids is 1. The Morgan fingerprint density at radius 3 is 2.71 bits per heavy atom. The summed E-state index contributed by atoms with van der Waals surface area (Å²) in [6.07, 6.45) is -0.148. The zero-order valence-electron chi connectivity index (χ0n) is 12.7. The highest BCUT2D eigenvalue weighted by Crippen LogP contribution is 2.34. The molecule has 2 rings (SSSR count). The van der Waals surface area contributed by atoms with Gasteiger partial charge in [0, 0.05) is 13.1 Å². The maximum absolute atomic E-state index is 12.2. The Labute approximate surface area is 127 Å². The Hall–Kier alpha value is -1.73. The maximum Gasteiger partial charge on any atom is 0.348 e. The van der Waals surface area contributed by atoms with Gasteiger partial charge in [0.05, 0.1) is 11.5 Å². The van der Waals surface area contributed by atoms with E-state index >= 15 is 0 Å². The molecule has 0 fully saturated rings. The van der Waals surface area contributed by atoms with E-state index in [2.05, 4.69) is 15.3 Å². The van der Waals surface area contributed by atoms with Gasteiger partial charge in [-0.15, -0.1) is 11.3 Å². The van der Waals surface area contributed by atoms with Gasteiger partial charge in [-0.2, -0.15) is 0 Å². The molecule has 2 aromatic rings. The number of aromatic nitrogens is 2. The first-order valence-corrected chi connectivity index (χ1v) is 7.68. The second kappa shape index (κ2) is 6.36.